The number of nitrogens with zero attached hydrogens (tertiary/aromatic N) is 3. The lowest BCUT2D eigenvalue weighted by atomic mass is 10.3. The van der Waals surface area contributed by atoms with Crippen molar-refractivity contribution < 1.29 is 19.6 Å². The van der Waals surface area contributed by atoms with Gasteiger partial charge in [0.2, 0.25) is 11.4 Å². The van der Waals surface area contributed by atoms with Gasteiger partial charge in [0.1, 0.15) is 0 Å². The summed E-state index contributed by atoms with van der Waals surface area (Å²) >= 11 is 5.83. The number of nitro groups is 1. The zero-order valence-electron chi connectivity index (χ0n) is 9.69. The number of aromatic carboxylic acids is 1. The smallest absolute Gasteiger partial charge is 0.360 e. The van der Waals surface area contributed by atoms with Gasteiger partial charge in [0.25, 0.3) is 5.88 Å². The van der Waals surface area contributed by atoms with Gasteiger partial charge in [-0.3, -0.25) is 10.1 Å². The number of aromatic nitrogens is 2. The Bertz CT molecular complexity index is 692. The number of benzene rings is 1. The molecule has 0 bridgehead atoms. The minimum atomic E-state index is -1.37. The van der Waals surface area contributed by atoms with Crippen molar-refractivity contribution in [3.63, 3.8) is 0 Å². The number of hydrogen-bond acceptors (Lipinski definition) is 6. The summed E-state index contributed by atoms with van der Waals surface area (Å²) in [6.07, 6.45) is 2.36. The second-order valence-electron chi connectivity index (χ2n) is 3.46. The van der Waals surface area contributed by atoms with E-state index >= 15 is 0 Å². The van der Waals surface area contributed by atoms with E-state index in [1.807, 2.05) is 0 Å². The molecule has 0 aliphatic carbocycles. The van der Waals surface area contributed by atoms with E-state index in [1.54, 1.807) is 0 Å². The first-order valence-electron chi connectivity index (χ1n) is 5.15. The van der Waals surface area contributed by atoms with Crippen LogP contribution in [0, 0.1) is 10.1 Å². The van der Waals surface area contributed by atoms with Gasteiger partial charge in [0.15, 0.2) is 0 Å². The first-order chi connectivity index (χ1) is 9.50. The molecule has 102 valence electrons. The number of para-hydroxylation sites is 1. The Balaban J connectivity index is 2.51. The molecular formula is C11H6ClN3O5. The number of nitro benzene ring substituents is 1. The molecule has 0 unspecified atom stereocenters. The third kappa shape index (κ3) is 2.64. The number of halogens is 1. The largest absolute Gasteiger partial charge is 0.476 e. The molecule has 0 spiro atoms. The van der Waals surface area contributed by atoms with E-state index in [0.29, 0.717) is 0 Å². The summed E-state index contributed by atoms with van der Waals surface area (Å²) in [6.45, 7) is 0. The number of carboxylic acids is 1. The van der Waals surface area contributed by atoms with Gasteiger partial charge < -0.3 is 9.84 Å². The van der Waals surface area contributed by atoms with Crippen LogP contribution >= 0.6 is 11.6 Å². The Morgan fingerprint density at radius 3 is 2.70 bits per heavy atom. The van der Waals surface area contributed by atoms with Crippen molar-refractivity contribution in [3.05, 3.63) is 51.4 Å². The van der Waals surface area contributed by atoms with Gasteiger partial charge in [0.05, 0.1) is 9.95 Å². The van der Waals surface area contributed by atoms with Crippen molar-refractivity contribution in [3.8, 4) is 11.6 Å². The minimum absolute atomic E-state index is 0.0406. The lowest BCUT2D eigenvalue weighted by Crippen LogP contribution is -2.05. The van der Waals surface area contributed by atoms with Gasteiger partial charge in [-0.2, -0.15) is 0 Å². The highest BCUT2D eigenvalue weighted by Gasteiger charge is 2.22. The van der Waals surface area contributed by atoms with Crippen molar-refractivity contribution in [1.82, 2.24) is 9.97 Å². The van der Waals surface area contributed by atoms with Crippen molar-refractivity contribution in [1.29, 1.82) is 0 Å². The van der Waals surface area contributed by atoms with Crippen LogP contribution in [0.2, 0.25) is 5.02 Å². The van der Waals surface area contributed by atoms with Crippen molar-refractivity contribution in [2.75, 3.05) is 0 Å². The van der Waals surface area contributed by atoms with E-state index in [-0.39, 0.29) is 16.7 Å². The maximum Gasteiger partial charge on any atom is 0.360 e. The van der Waals surface area contributed by atoms with Gasteiger partial charge in [-0.05, 0) is 6.07 Å². The molecule has 1 N–H and O–H groups in total. The van der Waals surface area contributed by atoms with Gasteiger partial charge in [-0.15, -0.1) is 0 Å². The van der Waals surface area contributed by atoms with Crippen LogP contribution in [0.5, 0.6) is 11.6 Å². The molecule has 0 saturated carbocycles. The summed E-state index contributed by atoms with van der Waals surface area (Å²) in [5.41, 5.74) is -0.874. The first-order valence-corrected chi connectivity index (χ1v) is 5.53. The fourth-order valence-electron chi connectivity index (χ4n) is 1.39. The van der Waals surface area contributed by atoms with Crippen LogP contribution in [0.15, 0.2) is 30.6 Å². The topological polar surface area (TPSA) is 115 Å². The van der Waals surface area contributed by atoms with E-state index in [4.69, 9.17) is 21.4 Å². The molecule has 1 aromatic carbocycles. The molecule has 2 aromatic rings. The lowest BCUT2D eigenvalue weighted by molar-refractivity contribution is -0.385. The van der Waals surface area contributed by atoms with Crippen LogP contribution in [-0.4, -0.2) is 26.0 Å². The van der Waals surface area contributed by atoms with Crippen molar-refractivity contribution >= 4 is 23.3 Å². The molecule has 1 heterocycles. The summed E-state index contributed by atoms with van der Waals surface area (Å²) in [7, 11) is 0. The molecule has 8 nitrogen and oxygen atoms in total. The molecule has 0 atom stereocenters. The molecular weight excluding hydrogens is 290 g/mol. The van der Waals surface area contributed by atoms with Crippen LogP contribution in [0.1, 0.15) is 10.5 Å². The normalized spacial score (nSPS) is 10.1. The average Bonchev–Trinajstić information content (AvgIpc) is 2.41. The monoisotopic (exact) mass is 295 g/mol. The Hall–Kier alpha value is -2.74. The average molecular weight is 296 g/mol. The predicted octanol–water partition coefficient (Wildman–Crippen LogP) is 2.53. The van der Waals surface area contributed by atoms with Crippen molar-refractivity contribution in [2.24, 2.45) is 0 Å². The second-order valence-corrected chi connectivity index (χ2v) is 3.87. The fraction of sp³-hybridized carbons (Fsp3) is 0. The molecule has 20 heavy (non-hydrogen) atoms. The van der Waals surface area contributed by atoms with E-state index < -0.39 is 22.3 Å². The highest BCUT2D eigenvalue weighted by molar-refractivity contribution is 6.32. The maximum atomic E-state index is 11.0. The van der Waals surface area contributed by atoms with Gasteiger partial charge >= 0.3 is 11.7 Å². The Morgan fingerprint density at radius 2 is 2.05 bits per heavy atom. The Labute approximate surface area is 116 Å². The SMILES string of the molecule is O=C(O)c1nccnc1Oc1c(Cl)cccc1[N+](=O)[O-]. The van der Waals surface area contributed by atoms with Gasteiger partial charge in [0, 0.05) is 18.5 Å². The Kier molecular flexibility index (Phi) is 3.76. The molecule has 0 saturated heterocycles. The van der Waals surface area contributed by atoms with E-state index in [9.17, 15) is 14.9 Å². The number of carbonyl (C=O) groups is 1. The van der Waals surface area contributed by atoms with Crippen LogP contribution in [0.4, 0.5) is 5.69 Å². The first kappa shape index (κ1) is 13.7. The second kappa shape index (κ2) is 5.49. The summed E-state index contributed by atoms with van der Waals surface area (Å²) in [4.78, 5) is 28.4. The van der Waals surface area contributed by atoms with Crippen LogP contribution < -0.4 is 4.74 Å². The molecule has 0 aliphatic rings. The molecule has 0 aliphatic heterocycles. The highest BCUT2D eigenvalue weighted by Crippen LogP contribution is 2.37. The molecule has 9 heteroatoms. The lowest BCUT2D eigenvalue weighted by Gasteiger charge is -2.08. The highest BCUT2D eigenvalue weighted by atomic mass is 35.5. The number of rotatable bonds is 4. The third-order valence-electron chi connectivity index (χ3n) is 2.21. The minimum Gasteiger partial charge on any atom is -0.476 e. The van der Waals surface area contributed by atoms with Crippen LogP contribution in [-0.2, 0) is 0 Å². The summed E-state index contributed by atoms with van der Waals surface area (Å²) in [5.74, 6) is -2.04. The standard InChI is InChI=1S/C11H6ClN3O5/c12-6-2-1-3-7(15(18)19)9(6)20-10-8(11(16)17)13-4-5-14-10/h1-5H,(H,16,17). The molecule has 2 rings (SSSR count). The van der Waals surface area contributed by atoms with E-state index in [2.05, 4.69) is 9.97 Å². The molecule has 0 fully saturated rings. The zero-order chi connectivity index (χ0) is 14.7. The van der Waals surface area contributed by atoms with Crippen molar-refractivity contribution in [2.45, 2.75) is 0 Å². The summed E-state index contributed by atoms with van der Waals surface area (Å²) in [6, 6.07) is 3.93. The zero-order valence-corrected chi connectivity index (χ0v) is 10.4. The van der Waals surface area contributed by atoms with Crippen LogP contribution in [0.3, 0.4) is 0 Å². The number of ether oxygens (including phenoxy) is 1. The molecule has 0 amide bonds. The van der Waals surface area contributed by atoms with Crippen LogP contribution in [0.25, 0.3) is 0 Å². The summed E-state index contributed by atoms with van der Waals surface area (Å²) in [5, 5.41) is 19.8. The van der Waals surface area contributed by atoms with Gasteiger partial charge in [-0.25, -0.2) is 14.8 Å². The van der Waals surface area contributed by atoms with E-state index in [0.717, 1.165) is 6.20 Å². The third-order valence-corrected chi connectivity index (χ3v) is 2.51. The maximum absolute atomic E-state index is 11.0. The molecule has 0 radical (unpaired) electrons. The fourth-order valence-corrected chi connectivity index (χ4v) is 1.59. The quantitative estimate of drug-likeness (QED) is 0.680. The Morgan fingerprint density at radius 1 is 1.35 bits per heavy atom. The van der Waals surface area contributed by atoms with Gasteiger partial charge in [-0.1, -0.05) is 17.7 Å². The number of carboxylic acid groups (broad SMARTS) is 1. The summed E-state index contributed by atoms with van der Waals surface area (Å²) < 4.78 is 5.17. The predicted molar refractivity (Wildman–Crippen MR) is 67.2 cm³/mol. The van der Waals surface area contributed by atoms with E-state index in [1.165, 1.54) is 24.4 Å². The molecule has 1 aromatic heterocycles. The number of hydrogen-bond donors (Lipinski definition) is 1.